The van der Waals surface area contributed by atoms with E-state index in [2.05, 4.69) is 15.2 Å². The zero-order valence-electron chi connectivity index (χ0n) is 8.45. The molecule has 1 saturated heterocycles. The maximum absolute atomic E-state index is 10.0. The molecule has 14 heavy (non-hydrogen) atoms. The van der Waals surface area contributed by atoms with Crippen LogP contribution in [0.25, 0.3) is 0 Å². The lowest BCUT2D eigenvalue weighted by atomic mass is 9.99. The van der Waals surface area contributed by atoms with E-state index < -0.39 is 5.60 Å². The molecule has 4 nitrogen and oxygen atoms in total. The van der Waals surface area contributed by atoms with Crippen LogP contribution >= 0.6 is 11.3 Å². The first-order valence-electron chi connectivity index (χ1n) is 4.63. The quantitative estimate of drug-likeness (QED) is 0.742. The van der Waals surface area contributed by atoms with Gasteiger partial charge in [0.25, 0.3) is 0 Å². The van der Waals surface area contributed by atoms with Crippen LogP contribution in [0, 0.1) is 0 Å². The van der Waals surface area contributed by atoms with Crippen LogP contribution in [0.3, 0.4) is 0 Å². The lowest BCUT2D eigenvalue weighted by Crippen LogP contribution is -2.56. The van der Waals surface area contributed by atoms with Crippen molar-refractivity contribution in [1.82, 2.24) is 15.2 Å². The Balaban J connectivity index is 2.09. The number of nitrogens with one attached hydrogen (secondary N) is 1. The smallest absolute Gasteiger partial charge is 0.141 e. The number of thiazole rings is 1. The molecule has 0 atom stereocenters. The van der Waals surface area contributed by atoms with E-state index in [1.54, 1.807) is 11.3 Å². The molecule has 2 heterocycles. The van der Waals surface area contributed by atoms with Gasteiger partial charge in [-0.3, -0.25) is 0 Å². The van der Waals surface area contributed by atoms with E-state index in [9.17, 15) is 5.11 Å². The lowest BCUT2D eigenvalue weighted by Gasteiger charge is -2.35. The number of hydrogen-bond acceptors (Lipinski definition) is 5. The van der Waals surface area contributed by atoms with E-state index in [1.165, 1.54) is 4.88 Å². The van der Waals surface area contributed by atoms with Crippen molar-refractivity contribution in [2.24, 2.45) is 0 Å². The van der Waals surface area contributed by atoms with E-state index in [0.717, 1.165) is 11.6 Å². The fourth-order valence-corrected chi connectivity index (χ4v) is 2.54. The largest absolute Gasteiger partial charge is 0.380 e. The molecule has 0 amide bonds. The first-order valence-corrected chi connectivity index (χ1v) is 5.45. The second-order valence-electron chi connectivity index (χ2n) is 4.00. The van der Waals surface area contributed by atoms with Gasteiger partial charge in [0.15, 0.2) is 0 Å². The Hall–Kier alpha value is -0.490. The third-order valence-electron chi connectivity index (χ3n) is 2.26. The summed E-state index contributed by atoms with van der Waals surface area (Å²) in [5, 5.41) is 13.9. The number of hydrogen-bond donors (Lipinski definition) is 2. The molecule has 2 rings (SSSR count). The van der Waals surface area contributed by atoms with Crippen molar-refractivity contribution in [3.8, 4) is 0 Å². The highest BCUT2D eigenvalue weighted by Gasteiger charge is 2.38. The molecule has 78 valence electrons. The molecule has 0 aromatic carbocycles. The predicted octanol–water partition coefficient (Wildman–Crippen LogP) is -0.00450. The normalized spacial score (nSPS) is 19.7. The number of aliphatic hydroxyl groups is 1. The molecule has 1 aliphatic heterocycles. The van der Waals surface area contributed by atoms with Crippen LogP contribution in [0.5, 0.6) is 0 Å². The summed E-state index contributed by atoms with van der Waals surface area (Å²) in [5.41, 5.74) is -0.699. The second-order valence-corrected chi connectivity index (χ2v) is 5.12. The average molecular weight is 213 g/mol. The molecule has 5 heteroatoms. The fourth-order valence-electron chi connectivity index (χ4n) is 1.42. The summed E-state index contributed by atoms with van der Waals surface area (Å²) in [6.45, 7) is 2.14. The van der Waals surface area contributed by atoms with Gasteiger partial charge in [0, 0.05) is 30.7 Å². The van der Waals surface area contributed by atoms with Crippen molar-refractivity contribution in [3.05, 3.63) is 16.1 Å². The van der Waals surface area contributed by atoms with Crippen LogP contribution in [0.2, 0.25) is 0 Å². The third kappa shape index (κ3) is 1.81. The molecule has 1 aliphatic rings. The highest BCUT2D eigenvalue weighted by atomic mass is 32.1. The number of aromatic nitrogens is 1. The lowest BCUT2D eigenvalue weighted by molar-refractivity contribution is -0.0148. The van der Waals surface area contributed by atoms with Crippen LogP contribution < -0.4 is 5.32 Å². The Morgan fingerprint density at radius 3 is 2.86 bits per heavy atom. The molecule has 0 unspecified atom stereocenters. The van der Waals surface area contributed by atoms with E-state index in [-0.39, 0.29) is 0 Å². The molecular formula is C9H15N3OS. The van der Waals surface area contributed by atoms with E-state index in [0.29, 0.717) is 13.1 Å². The Bertz CT molecular complexity index is 320. The molecule has 0 bridgehead atoms. The van der Waals surface area contributed by atoms with Gasteiger partial charge in [-0.15, -0.1) is 11.3 Å². The molecule has 0 saturated carbocycles. The average Bonchev–Trinajstić information content (AvgIpc) is 2.47. The molecule has 1 aromatic heterocycles. The minimum atomic E-state index is -0.699. The van der Waals surface area contributed by atoms with Crippen molar-refractivity contribution in [2.45, 2.75) is 12.1 Å². The Morgan fingerprint density at radius 1 is 1.64 bits per heavy atom. The van der Waals surface area contributed by atoms with Crippen molar-refractivity contribution >= 4 is 11.3 Å². The Labute approximate surface area is 87.6 Å². The van der Waals surface area contributed by atoms with E-state index in [4.69, 9.17) is 0 Å². The summed E-state index contributed by atoms with van der Waals surface area (Å²) in [6.07, 6.45) is 1.86. The summed E-state index contributed by atoms with van der Waals surface area (Å²) in [4.78, 5) is 7.56. The maximum Gasteiger partial charge on any atom is 0.141 e. The van der Waals surface area contributed by atoms with Crippen LogP contribution in [0.15, 0.2) is 6.20 Å². The fraction of sp³-hybridized carbons (Fsp3) is 0.667. The first kappa shape index (κ1) is 10.0. The Kier molecular flexibility index (Phi) is 2.57. The number of β-amino-alcohol motifs (C(OH)–C–C–N with tert-alkyl or cyclic N) is 1. The van der Waals surface area contributed by atoms with Crippen LogP contribution in [-0.4, -0.2) is 42.2 Å². The molecule has 0 spiro atoms. The van der Waals surface area contributed by atoms with Crippen molar-refractivity contribution in [2.75, 3.05) is 27.2 Å². The summed E-state index contributed by atoms with van der Waals surface area (Å²) >= 11 is 1.60. The monoisotopic (exact) mass is 213 g/mol. The van der Waals surface area contributed by atoms with Gasteiger partial charge in [-0.05, 0) is 14.1 Å². The molecule has 1 aromatic rings. The van der Waals surface area contributed by atoms with Crippen LogP contribution in [0.1, 0.15) is 9.88 Å². The highest BCUT2D eigenvalue weighted by molar-refractivity contribution is 7.11. The third-order valence-corrected chi connectivity index (χ3v) is 3.43. The molecule has 2 N–H and O–H groups in total. The predicted molar refractivity (Wildman–Crippen MR) is 56.3 cm³/mol. The van der Waals surface area contributed by atoms with Gasteiger partial charge >= 0.3 is 0 Å². The van der Waals surface area contributed by atoms with Gasteiger partial charge in [-0.1, -0.05) is 0 Å². The second kappa shape index (κ2) is 3.58. The van der Waals surface area contributed by atoms with Crippen molar-refractivity contribution < 1.29 is 5.11 Å². The van der Waals surface area contributed by atoms with Gasteiger partial charge < -0.3 is 15.3 Å². The molecular weight excluding hydrogens is 198 g/mol. The van der Waals surface area contributed by atoms with Gasteiger partial charge in [0.2, 0.25) is 0 Å². The van der Waals surface area contributed by atoms with E-state index in [1.807, 2.05) is 20.3 Å². The topological polar surface area (TPSA) is 48.4 Å². The minimum Gasteiger partial charge on any atom is -0.380 e. The van der Waals surface area contributed by atoms with Gasteiger partial charge in [-0.2, -0.15) is 0 Å². The Morgan fingerprint density at radius 2 is 2.36 bits per heavy atom. The zero-order valence-corrected chi connectivity index (χ0v) is 9.27. The van der Waals surface area contributed by atoms with Gasteiger partial charge in [0.1, 0.15) is 10.6 Å². The summed E-state index contributed by atoms with van der Waals surface area (Å²) in [7, 11) is 4.05. The van der Waals surface area contributed by atoms with Gasteiger partial charge in [0.05, 0.1) is 0 Å². The SMILES string of the molecule is CN(C)Cc1cnc(C2(O)CNC2)s1. The first-order chi connectivity index (χ1) is 6.60. The molecule has 0 radical (unpaired) electrons. The summed E-state index contributed by atoms with van der Waals surface area (Å²) in [5.74, 6) is 0. The number of rotatable bonds is 3. The van der Waals surface area contributed by atoms with Crippen LogP contribution in [0.4, 0.5) is 0 Å². The number of nitrogens with zero attached hydrogens (tertiary/aromatic N) is 2. The minimum absolute atomic E-state index is 0.627. The summed E-state index contributed by atoms with van der Waals surface area (Å²) in [6, 6.07) is 0. The van der Waals surface area contributed by atoms with Crippen molar-refractivity contribution in [3.63, 3.8) is 0 Å². The molecule has 1 fully saturated rings. The zero-order chi connectivity index (χ0) is 10.2. The van der Waals surface area contributed by atoms with E-state index >= 15 is 0 Å². The van der Waals surface area contributed by atoms with Gasteiger partial charge in [-0.25, -0.2) is 4.98 Å². The standard InChI is InChI=1S/C9H15N3OS/c1-12(2)4-7-3-11-8(14-7)9(13)5-10-6-9/h3,10,13H,4-6H2,1-2H3. The molecule has 0 aliphatic carbocycles. The summed E-state index contributed by atoms with van der Waals surface area (Å²) < 4.78 is 0. The van der Waals surface area contributed by atoms with Crippen molar-refractivity contribution in [1.29, 1.82) is 0 Å². The highest BCUT2D eigenvalue weighted by Crippen LogP contribution is 2.29. The maximum atomic E-state index is 10.0. The van der Waals surface area contributed by atoms with Crippen LogP contribution in [-0.2, 0) is 12.1 Å².